The fourth-order valence-electron chi connectivity index (χ4n) is 1.75. The molecule has 0 aromatic heterocycles. The molecule has 1 aromatic carbocycles. The van der Waals surface area contributed by atoms with Crippen molar-refractivity contribution < 1.29 is 23.1 Å². The van der Waals surface area contributed by atoms with Crippen molar-refractivity contribution in [1.82, 2.24) is 0 Å². The summed E-state index contributed by atoms with van der Waals surface area (Å²) in [7, 11) is -0.984. The molecule has 0 N–H and O–H groups in total. The molecule has 0 fully saturated rings. The number of benzene rings is 1. The predicted molar refractivity (Wildman–Crippen MR) is 78.8 cm³/mol. The van der Waals surface area contributed by atoms with Crippen LogP contribution < -0.4 is 9.47 Å². The maximum absolute atomic E-state index is 12.2. The lowest BCUT2D eigenvalue weighted by Crippen LogP contribution is -2.06. The highest BCUT2D eigenvalue weighted by Gasteiger charge is 2.12. The van der Waals surface area contributed by atoms with Crippen LogP contribution in [0.5, 0.6) is 11.5 Å². The lowest BCUT2D eigenvalue weighted by Gasteiger charge is -2.12. The van der Waals surface area contributed by atoms with Crippen molar-refractivity contribution in [3.8, 4) is 11.5 Å². The first kappa shape index (κ1) is 12.2. The molecule has 0 saturated heterocycles. The highest BCUT2D eigenvalue weighted by atomic mass is 16.5. The normalized spacial score (nSPS) is 13.5. The number of hydrogen-bond acceptors (Lipinski definition) is 4. The standard InChI is InChI=1S/C16H24O4/c1-12(2)10-14(17)13-6-7-15(19-4)16(11-13)20-9-5-8-18-3/h6-7,11-12H,5,8-10H2,1-4H3/i4D3. The SMILES string of the molecule is [2H]C([2H])([2H])Oc1ccc(C(=O)CC(C)C)cc1OCCCOC. The Morgan fingerprint density at radius 1 is 1.30 bits per heavy atom. The topological polar surface area (TPSA) is 44.8 Å². The second-order valence-electron chi connectivity index (χ2n) is 4.98. The molecule has 0 aliphatic rings. The van der Waals surface area contributed by atoms with Crippen LogP contribution in [0.1, 0.15) is 41.2 Å². The van der Waals surface area contributed by atoms with E-state index in [1.165, 1.54) is 6.07 Å². The number of rotatable bonds is 9. The van der Waals surface area contributed by atoms with Gasteiger partial charge >= 0.3 is 0 Å². The number of ether oxygens (including phenoxy) is 3. The molecule has 0 unspecified atom stereocenters. The van der Waals surface area contributed by atoms with Crippen LogP contribution in [0.2, 0.25) is 0 Å². The lowest BCUT2D eigenvalue weighted by atomic mass is 10.0. The van der Waals surface area contributed by atoms with E-state index in [1.807, 2.05) is 13.8 Å². The van der Waals surface area contributed by atoms with Crippen LogP contribution in [0.3, 0.4) is 0 Å². The zero-order valence-corrected chi connectivity index (χ0v) is 12.3. The van der Waals surface area contributed by atoms with E-state index in [1.54, 1.807) is 19.2 Å². The molecular weight excluding hydrogens is 256 g/mol. The lowest BCUT2D eigenvalue weighted by molar-refractivity contribution is 0.0967. The van der Waals surface area contributed by atoms with Crippen molar-refractivity contribution in [3.63, 3.8) is 0 Å². The van der Waals surface area contributed by atoms with Crippen LogP contribution in [0.25, 0.3) is 0 Å². The summed E-state index contributed by atoms with van der Waals surface area (Å²) in [6.45, 7) is 4.80. The minimum absolute atomic E-state index is 0.0119. The largest absolute Gasteiger partial charge is 0.493 e. The van der Waals surface area contributed by atoms with Crippen molar-refractivity contribution in [2.45, 2.75) is 26.7 Å². The number of carbonyl (C=O) groups is 1. The fraction of sp³-hybridized carbons (Fsp3) is 0.562. The van der Waals surface area contributed by atoms with Gasteiger partial charge in [-0.15, -0.1) is 0 Å². The maximum atomic E-state index is 12.2. The van der Waals surface area contributed by atoms with Crippen LogP contribution in [0, 0.1) is 5.92 Å². The summed E-state index contributed by atoms with van der Waals surface area (Å²) < 4.78 is 37.1. The minimum Gasteiger partial charge on any atom is -0.493 e. The van der Waals surface area contributed by atoms with Crippen LogP contribution in [-0.4, -0.2) is 33.1 Å². The molecule has 0 aliphatic heterocycles. The number of methoxy groups -OCH3 is 2. The van der Waals surface area contributed by atoms with Gasteiger partial charge in [-0.2, -0.15) is 0 Å². The van der Waals surface area contributed by atoms with Gasteiger partial charge in [-0.1, -0.05) is 13.8 Å². The van der Waals surface area contributed by atoms with Gasteiger partial charge in [0.1, 0.15) is 0 Å². The third kappa shape index (κ3) is 5.21. The van der Waals surface area contributed by atoms with Gasteiger partial charge in [0.25, 0.3) is 0 Å². The molecule has 1 rings (SSSR count). The van der Waals surface area contributed by atoms with Gasteiger partial charge < -0.3 is 14.2 Å². The van der Waals surface area contributed by atoms with Crippen LogP contribution in [0.4, 0.5) is 0 Å². The summed E-state index contributed by atoms with van der Waals surface area (Å²) >= 11 is 0. The van der Waals surface area contributed by atoms with Gasteiger partial charge in [-0.25, -0.2) is 0 Å². The van der Waals surface area contributed by atoms with Crippen molar-refractivity contribution >= 4 is 5.78 Å². The van der Waals surface area contributed by atoms with Crippen LogP contribution >= 0.6 is 0 Å². The molecule has 112 valence electrons. The summed E-state index contributed by atoms with van der Waals surface area (Å²) in [6, 6.07) is 4.57. The first-order valence-corrected chi connectivity index (χ1v) is 6.71. The van der Waals surface area contributed by atoms with Gasteiger partial charge in [0.05, 0.1) is 17.8 Å². The maximum Gasteiger partial charge on any atom is 0.163 e. The molecule has 0 aliphatic carbocycles. The molecule has 0 saturated carbocycles. The fourth-order valence-corrected chi connectivity index (χ4v) is 1.75. The summed E-state index contributed by atoms with van der Waals surface area (Å²) in [5.41, 5.74) is 0.485. The average molecular weight is 283 g/mol. The van der Waals surface area contributed by atoms with Crippen molar-refractivity contribution in [2.75, 3.05) is 27.4 Å². The molecular formula is C16H24O4. The minimum atomic E-state index is -2.58. The highest BCUT2D eigenvalue weighted by Crippen LogP contribution is 2.29. The summed E-state index contributed by atoms with van der Waals surface area (Å²) in [4.78, 5) is 12.2. The average Bonchev–Trinajstić information content (AvgIpc) is 2.42. The Balaban J connectivity index is 2.94. The van der Waals surface area contributed by atoms with Gasteiger partial charge in [0, 0.05) is 32.1 Å². The molecule has 1 aromatic rings. The smallest absolute Gasteiger partial charge is 0.163 e. The van der Waals surface area contributed by atoms with E-state index >= 15 is 0 Å². The summed E-state index contributed by atoms with van der Waals surface area (Å²) in [6.07, 6.45) is 1.07. The van der Waals surface area contributed by atoms with Crippen molar-refractivity contribution in [1.29, 1.82) is 0 Å². The summed E-state index contributed by atoms with van der Waals surface area (Å²) in [5, 5.41) is 0. The molecule has 4 nitrogen and oxygen atoms in total. The second kappa shape index (κ2) is 8.59. The molecule has 4 heteroatoms. The zero-order chi connectivity index (χ0) is 17.5. The Kier molecular flexibility index (Phi) is 5.24. The molecule has 0 atom stereocenters. The molecule has 20 heavy (non-hydrogen) atoms. The first-order valence-electron chi connectivity index (χ1n) is 8.21. The van der Waals surface area contributed by atoms with Gasteiger partial charge in [0.15, 0.2) is 17.3 Å². The zero-order valence-electron chi connectivity index (χ0n) is 15.3. The van der Waals surface area contributed by atoms with E-state index in [9.17, 15) is 4.79 Å². The Labute approximate surface area is 125 Å². The van der Waals surface area contributed by atoms with E-state index in [4.69, 9.17) is 18.3 Å². The number of carbonyl (C=O) groups excluding carboxylic acids is 1. The van der Waals surface area contributed by atoms with Crippen molar-refractivity contribution in [2.24, 2.45) is 5.92 Å². The Bertz CT molecular complexity index is 513. The van der Waals surface area contributed by atoms with Gasteiger partial charge in [-0.3, -0.25) is 4.79 Å². The third-order valence-corrected chi connectivity index (χ3v) is 2.72. The number of ketones is 1. The number of Topliss-reactive ketones (excluding diaryl/α,β-unsaturated/α-hetero) is 1. The third-order valence-electron chi connectivity index (χ3n) is 2.72. The van der Waals surface area contributed by atoms with E-state index in [2.05, 4.69) is 0 Å². The summed E-state index contributed by atoms with van der Waals surface area (Å²) in [5.74, 6) is 0.587. The quantitative estimate of drug-likeness (QED) is 0.515. The molecule has 0 amide bonds. The van der Waals surface area contributed by atoms with Crippen molar-refractivity contribution in [3.05, 3.63) is 23.8 Å². The molecule has 0 bridgehead atoms. The molecule has 0 spiro atoms. The second-order valence-corrected chi connectivity index (χ2v) is 4.98. The Morgan fingerprint density at radius 3 is 2.75 bits per heavy atom. The highest BCUT2D eigenvalue weighted by molar-refractivity contribution is 5.96. The molecule has 0 heterocycles. The Hall–Kier alpha value is -1.55. The van der Waals surface area contributed by atoms with Crippen LogP contribution in [0.15, 0.2) is 18.2 Å². The van der Waals surface area contributed by atoms with E-state index in [0.717, 1.165) is 0 Å². The van der Waals surface area contributed by atoms with Gasteiger partial charge in [-0.05, 0) is 24.1 Å². The Morgan fingerprint density at radius 2 is 2.10 bits per heavy atom. The number of hydrogen-bond donors (Lipinski definition) is 0. The van der Waals surface area contributed by atoms with E-state index in [0.29, 0.717) is 31.6 Å². The first-order chi connectivity index (χ1) is 10.7. The van der Waals surface area contributed by atoms with Crippen LogP contribution in [-0.2, 0) is 4.74 Å². The van der Waals surface area contributed by atoms with E-state index < -0.39 is 7.04 Å². The van der Waals surface area contributed by atoms with E-state index in [-0.39, 0.29) is 23.2 Å². The predicted octanol–water partition coefficient (Wildman–Crippen LogP) is 3.34. The monoisotopic (exact) mass is 283 g/mol. The van der Waals surface area contributed by atoms with Gasteiger partial charge in [0.2, 0.25) is 0 Å². The molecule has 0 radical (unpaired) electrons.